The van der Waals surface area contributed by atoms with Gasteiger partial charge in [-0.2, -0.15) is 13.2 Å². The van der Waals surface area contributed by atoms with Crippen LogP contribution in [0.4, 0.5) is 13.2 Å². The minimum atomic E-state index is -4.58. The lowest BCUT2D eigenvalue weighted by atomic mass is 9.96. The number of aromatic nitrogens is 1. The Kier molecular flexibility index (Phi) is 3.14. The van der Waals surface area contributed by atoms with E-state index in [1.807, 2.05) is 0 Å². The minimum absolute atomic E-state index is 0.0415. The topological polar surface area (TPSA) is 30.0 Å². The second-order valence-electron chi connectivity index (χ2n) is 3.63. The summed E-state index contributed by atoms with van der Waals surface area (Å²) in [7, 11) is 0. The maximum Gasteiger partial charge on any atom is 0.417 e. The van der Waals surface area contributed by atoms with Crippen LogP contribution in [0, 0.1) is 0 Å². The van der Waals surface area contributed by atoms with E-state index >= 15 is 0 Å². The third-order valence-corrected chi connectivity index (χ3v) is 2.48. The molecule has 18 heavy (non-hydrogen) atoms. The van der Waals surface area contributed by atoms with Gasteiger partial charge in [-0.3, -0.25) is 9.78 Å². The third kappa shape index (κ3) is 2.25. The number of nitrogens with zero attached hydrogens (tertiary/aromatic N) is 1. The van der Waals surface area contributed by atoms with E-state index in [0.717, 1.165) is 6.07 Å². The number of rotatable bonds is 2. The molecule has 1 aromatic heterocycles. The van der Waals surface area contributed by atoms with Crippen LogP contribution >= 0.6 is 0 Å². The second-order valence-corrected chi connectivity index (χ2v) is 3.63. The highest BCUT2D eigenvalue weighted by atomic mass is 19.4. The van der Waals surface area contributed by atoms with Crippen LogP contribution in [0.2, 0.25) is 0 Å². The molecule has 0 aliphatic heterocycles. The van der Waals surface area contributed by atoms with Crippen LogP contribution in [0.3, 0.4) is 0 Å². The molecule has 0 bridgehead atoms. The molecule has 5 heteroatoms. The van der Waals surface area contributed by atoms with Gasteiger partial charge in [-0.15, -0.1) is 0 Å². The van der Waals surface area contributed by atoms with Gasteiger partial charge in [0.1, 0.15) is 0 Å². The maximum atomic E-state index is 13.0. The number of aldehydes is 1. The molecule has 92 valence electrons. The minimum Gasteiger partial charge on any atom is -0.298 e. The fourth-order valence-corrected chi connectivity index (χ4v) is 1.75. The van der Waals surface area contributed by atoms with Gasteiger partial charge in [0.05, 0.1) is 5.56 Å². The molecular weight excluding hydrogens is 243 g/mol. The smallest absolute Gasteiger partial charge is 0.298 e. The zero-order valence-corrected chi connectivity index (χ0v) is 9.11. The molecule has 1 aromatic carbocycles. The van der Waals surface area contributed by atoms with Crippen LogP contribution < -0.4 is 0 Å². The first kappa shape index (κ1) is 12.3. The molecule has 0 unspecified atom stereocenters. The van der Waals surface area contributed by atoms with Crippen molar-refractivity contribution in [2.75, 3.05) is 0 Å². The van der Waals surface area contributed by atoms with Crippen LogP contribution in [0.5, 0.6) is 0 Å². The predicted molar refractivity (Wildman–Crippen MR) is 60.1 cm³/mol. The van der Waals surface area contributed by atoms with Gasteiger partial charge in [-0.25, -0.2) is 0 Å². The average molecular weight is 251 g/mol. The fourth-order valence-electron chi connectivity index (χ4n) is 1.75. The van der Waals surface area contributed by atoms with Gasteiger partial charge in [-0.05, 0) is 11.6 Å². The van der Waals surface area contributed by atoms with Crippen molar-refractivity contribution in [1.29, 1.82) is 0 Å². The predicted octanol–water partition coefficient (Wildman–Crippen LogP) is 3.58. The first-order chi connectivity index (χ1) is 8.54. The quantitative estimate of drug-likeness (QED) is 0.763. The SMILES string of the molecule is O=Cc1cccc(-c2cccnc2)c1C(F)(F)F. The third-order valence-electron chi connectivity index (χ3n) is 2.48. The van der Waals surface area contributed by atoms with Crippen molar-refractivity contribution in [1.82, 2.24) is 4.98 Å². The van der Waals surface area contributed by atoms with Crippen molar-refractivity contribution in [2.45, 2.75) is 6.18 Å². The first-order valence-corrected chi connectivity index (χ1v) is 5.10. The van der Waals surface area contributed by atoms with Gasteiger partial charge >= 0.3 is 6.18 Å². The molecule has 0 spiro atoms. The summed E-state index contributed by atoms with van der Waals surface area (Å²) in [5, 5.41) is 0. The summed E-state index contributed by atoms with van der Waals surface area (Å²) in [6.45, 7) is 0. The molecule has 0 aliphatic rings. The second kappa shape index (κ2) is 4.60. The highest BCUT2D eigenvalue weighted by molar-refractivity contribution is 5.83. The van der Waals surface area contributed by atoms with Crippen molar-refractivity contribution < 1.29 is 18.0 Å². The molecule has 0 saturated carbocycles. The molecule has 0 amide bonds. The van der Waals surface area contributed by atoms with Crippen molar-refractivity contribution in [3.05, 3.63) is 53.9 Å². The monoisotopic (exact) mass is 251 g/mol. The molecule has 1 heterocycles. The van der Waals surface area contributed by atoms with E-state index in [2.05, 4.69) is 4.98 Å². The zero-order chi connectivity index (χ0) is 13.2. The normalized spacial score (nSPS) is 11.3. The summed E-state index contributed by atoms with van der Waals surface area (Å²) in [6, 6.07) is 6.96. The van der Waals surface area contributed by atoms with Gasteiger partial charge in [-0.1, -0.05) is 24.3 Å². The number of alkyl halides is 3. The van der Waals surface area contributed by atoms with Crippen molar-refractivity contribution >= 4 is 6.29 Å². The van der Waals surface area contributed by atoms with E-state index in [0.29, 0.717) is 5.56 Å². The fraction of sp³-hybridized carbons (Fsp3) is 0.0769. The first-order valence-electron chi connectivity index (χ1n) is 5.10. The van der Waals surface area contributed by atoms with Crippen LogP contribution in [-0.2, 0) is 6.18 Å². The lowest BCUT2D eigenvalue weighted by Crippen LogP contribution is -2.11. The largest absolute Gasteiger partial charge is 0.417 e. The van der Waals surface area contributed by atoms with Gasteiger partial charge < -0.3 is 0 Å². The maximum absolute atomic E-state index is 13.0. The van der Waals surface area contributed by atoms with Crippen LogP contribution in [-0.4, -0.2) is 11.3 Å². The summed E-state index contributed by atoms with van der Waals surface area (Å²) in [5.41, 5.74) is -1.01. The van der Waals surface area contributed by atoms with Crippen molar-refractivity contribution in [3.63, 3.8) is 0 Å². The molecule has 0 fully saturated rings. The van der Waals surface area contributed by atoms with Crippen LogP contribution in [0.25, 0.3) is 11.1 Å². The molecule has 0 N–H and O–H groups in total. The van der Waals surface area contributed by atoms with Gasteiger partial charge in [0.15, 0.2) is 6.29 Å². The van der Waals surface area contributed by atoms with Crippen LogP contribution in [0.15, 0.2) is 42.7 Å². The average Bonchev–Trinajstić information content (AvgIpc) is 2.38. The molecule has 2 nitrogen and oxygen atoms in total. The van der Waals surface area contributed by atoms with E-state index in [-0.39, 0.29) is 17.4 Å². The summed E-state index contributed by atoms with van der Waals surface area (Å²) < 4.78 is 39.0. The van der Waals surface area contributed by atoms with E-state index in [4.69, 9.17) is 0 Å². The number of hydrogen-bond donors (Lipinski definition) is 0. The summed E-state index contributed by atoms with van der Waals surface area (Å²) in [5.74, 6) is 0. The van der Waals surface area contributed by atoms with E-state index in [9.17, 15) is 18.0 Å². The molecule has 0 saturated heterocycles. The highest BCUT2D eigenvalue weighted by Crippen LogP contribution is 2.38. The van der Waals surface area contributed by atoms with Gasteiger partial charge in [0, 0.05) is 23.5 Å². The highest BCUT2D eigenvalue weighted by Gasteiger charge is 2.36. The Morgan fingerprint density at radius 2 is 1.89 bits per heavy atom. The molecule has 0 atom stereocenters. The lowest BCUT2D eigenvalue weighted by Gasteiger charge is -2.14. The number of halogens is 3. The van der Waals surface area contributed by atoms with Crippen LogP contribution in [0.1, 0.15) is 15.9 Å². The molecule has 0 radical (unpaired) electrons. The Morgan fingerprint density at radius 3 is 2.44 bits per heavy atom. The molecular formula is C13H8F3NO. The molecule has 2 aromatic rings. The Hall–Kier alpha value is -2.17. The summed E-state index contributed by atoms with van der Waals surface area (Å²) in [4.78, 5) is 14.5. The van der Waals surface area contributed by atoms with Gasteiger partial charge in [0.2, 0.25) is 0 Å². The van der Waals surface area contributed by atoms with Crippen molar-refractivity contribution in [2.24, 2.45) is 0 Å². The number of pyridine rings is 1. The number of benzene rings is 1. The van der Waals surface area contributed by atoms with E-state index < -0.39 is 11.7 Å². The standard InChI is InChI=1S/C13H8F3NO/c14-13(15,16)12-10(8-18)3-1-5-11(12)9-4-2-6-17-7-9/h1-8H. The lowest BCUT2D eigenvalue weighted by molar-refractivity contribution is -0.137. The molecule has 0 aliphatic carbocycles. The molecule has 2 rings (SSSR count). The Balaban J connectivity index is 2.72. The van der Waals surface area contributed by atoms with Gasteiger partial charge in [0.25, 0.3) is 0 Å². The zero-order valence-electron chi connectivity index (χ0n) is 9.11. The Labute approximate surface area is 101 Å². The van der Waals surface area contributed by atoms with E-state index in [1.165, 1.54) is 30.6 Å². The summed E-state index contributed by atoms with van der Waals surface area (Å²) >= 11 is 0. The number of hydrogen-bond acceptors (Lipinski definition) is 2. The van der Waals surface area contributed by atoms with E-state index in [1.54, 1.807) is 6.07 Å². The summed E-state index contributed by atoms with van der Waals surface area (Å²) in [6.07, 6.45) is -1.56. The number of carbonyl (C=O) groups is 1. The van der Waals surface area contributed by atoms with Crippen molar-refractivity contribution in [3.8, 4) is 11.1 Å². The Bertz CT molecular complexity index is 564. The number of carbonyl (C=O) groups excluding carboxylic acids is 1. The Morgan fingerprint density at radius 1 is 1.11 bits per heavy atom.